The van der Waals surface area contributed by atoms with Crippen molar-refractivity contribution in [3.05, 3.63) is 21.9 Å². The molecular weight excluding hydrogens is 216 g/mol. The third-order valence-corrected chi connectivity index (χ3v) is 5.55. The van der Waals surface area contributed by atoms with E-state index in [-0.39, 0.29) is 0 Å². The maximum atomic E-state index is 10.9. The fraction of sp³-hybridized carbons (Fsp3) is 0.714. The quantitative estimate of drug-likeness (QED) is 0.827. The molecule has 1 aromatic rings. The Morgan fingerprint density at radius 1 is 1.31 bits per heavy atom. The van der Waals surface area contributed by atoms with Gasteiger partial charge in [-0.2, -0.15) is 0 Å². The van der Waals surface area contributed by atoms with Crippen LogP contribution in [0.2, 0.25) is 0 Å². The maximum Gasteiger partial charge on any atom is 0.0993 e. The Morgan fingerprint density at radius 3 is 2.75 bits per heavy atom. The van der Waals surface area contributed by atoms with Gasteiger partial charge in [0.15, 0.2) is 0 Å². The van der Waals surface area contributed by atoms with Crippen LogP contribution in [0.15, 0.2) is 11.4 Å². The van der Waals surface area contributed by atoms with Crippen LogP contribution in [-0.4, -0.2) is 5.11 Å². The smallest absolute Gasteiger partial charge is 0.0993 e. The van der Waals surface area contributed by atoms with Crippen LogP contribution in [0, 0.1) is 18.8 Å². The van der Waals surface area contributed by atoms with E-state index in [1.54, 1.807) is 11.3 Å². The van der Waals surface area contributed by atoms with Crippen molar-refractivity contribution in [3.8, 4) is 0 Å². The molecule has 0 saturated heterocycles. The summed E-state index contributed by atoms with van der Waals surface area (Å²) in [5.74, 6) is 1.73. The summed E-state index contributed by atoms with van der Waals surface area (Å²) >= 11 is 1.74. The zero-order chi connectivity index (χ0) is 11.2. The first kappa shape index (κ1) is 10.8. The normalized spacial score (nSPS) is 35.2. The lowest BCUT2D eigenvalue weighted by atomic mass is 9.74. The van der Waals surface area contributed by atoms with Gasteiger partial charge in [-0.05, 0) is 74.3 Å². The number of rotatable bonds is 2. The summed E-state index contributed by atoms with van der Waals surface area (Å²) in [5.41, 5.74) is 0.785. The van der Waals surface area contributed by atoms with Crippen molar-refractivity contribution < 1.29 is 5.11 Å². The molecule has 1 heterocycles. The lowest BCUT2D eigenvalue weighted by Crippen LogP contribution is -2.33. The molecule has 1 nitrogen and oxygen atoms in total. The van der Waals surface area contributed by atoms with Crippen LogP contribution < -0.4 is 0 Å². The highest BCUT2D eigenvalue weighted by atomic mass is 32.1. The Bertz CT molecular complexity index is 380. The molecule has 3 rings (SSSR count). The molecule has 1 aromatic heterocycles. The average Bonchev–Trinajstić information content (AvgIpc) is 3.01. The Labute approximate surface area is 102 Å². The van der Waals surface area contributed by atoms with E-state index in [1.165, 1.54) is 36.1 Å². The molecule has 2 aliphatic carbocycles. The minimum Gasteiger partial charge on any atom is -0.384 e. The molecule has 2 heteroatoms. The fourth-order valence-electron chi connectivity index (χ4n) is 3.32. The summed E-state index contributed by atoms with van der Waals surface area (Å²) < 4.78 is 0. The Kier molecular flexibility index (Phi) is 2.60. The van der Waals surface area contributed by atoms with Crippen LogP contribution in [0.5, 0.6) is 0 Å². The largest absolute Gasteiger partial charge is 0.384 e. The zero-order valence-electron chi connectivity index (χ0n) is 9.91. The van der Waals surface area contributed by atoms with Gasteiger partial charge < -0.3 is 5.11 Å². The van der Waals surface area contributed by atoms with Gasteiger partial charge in [0, 0.05) is 4.88 Å². The van der Waals surface area contributed by atoms with Crippen molar-refractivity contribution in [3.63, 3.8) is 0 Å². The molecule has 2 aliphatic rings. The highest BCUT2D eigenvalue weighted by Crippen LogP contribution is 2.50. The van der Waals surface area contributed by atoms with Gasteiger partial charge >= 0.3 is 0 Å². The molecule has 88 valence electrons. The van der Waals surface area contributed by atoms with E-state index < -0.39 is 5.60 Å². The van der Waals surface area contributed by atoms with Crippen molar-refractivity contribution in [2.24, 2.45) is 11.8 Å². The topological polar surface area (TPSA) is 20.2 Å². The highest BCUT2D eigenvalue weighted by molar-refractivity contribution is 7.10. The van der Waals surface area contributed by atoms with Crippen LogP contribution >= 0.6 is 11.3 Å². The van der Waals surface area contributed by atoms with E-state index in [1.807, 2.05) is 0 Å². The van der Waals surface area contributed by atoms with Crippen molar-refractivity contribution in [2.45, 2.75) is 51.0 Å². The van der Waals surface area contributed by atoms with Crippen molar-refractivity contribution in [1.29, 1.82) is 0 Å². The van der Waals surface area contributed by atoms with Gasteiger partial charge in [-0.25, -0.2) is 0 Å². The molecule has 0 aromatic carbocycles. The van der Waals surface area contributed by atoms with Gasteiger partial charge in [0.05, 0.1) is 5.60 Å². The van der Waals surface area contributed by atoms with Crippen molar-refractivity contribution in [1.82, 2.24) is 0 Å². The molecular formula is C14H20OS. The van der Waals surface area contributed by atoms with Crippen molar-refractivity contribution in [2.75, 3.05) is 0 Å². The summed E-state index contributed by atoms with van der Waals surface area (Å²) in [6, 6.07) is 2.14. The summed E-state index contributed by atoms with van der Waals surface area (Å²) in [6.07, 6.45) is 7.34. The first-order chi connectivity index (χ1) is 7.69. The van der Waals surface area contributed by atoms with Crippen LogP contribution in [0.3, 0.4) is 0 Å². The third-order valence-electron chi connectivity index (χ3n) is 4.34. The minimum atomic E-state index is -0.496. The molecule has 0 aliphatic heterocycles. The second-order valence-electron chi connectivity index (χ2n) is 5.66. The second-order valence-corrected chi connectivity index (χ2v) is 6.57. The highest BCUT2D eigenvalue weighted by Gasteiger charge is 2.42. The predicted octanol–water partition coefficient (Wildman–Crippen LogP) is 3.84. The first-order valence-corrected chi connectivity index (χ1v) is 7.34. The Hall–Kier alpha value is -0.340. The number of aliphatic hydroxyl groups is 1. The molecule has 0 amide bonds. The Balaban J connectivity index is 1.83. The molecule has 16 heavy (non-hydrogen) atoms. The molecule has 1 N–H and O–H groups in total. The molecule has 0 radical (unpaired) electrons. The van der Waals surface area contributed by atoms with E-state index in [0.717, 1.165) is 24.7 Å². The SMILES string of the molecule is Cc1ccsc1C1(O)CCCC(C2CC2)C1. The van der Waals surface area contributed by atoms with E-state index >= 15 is 0 Å². The third kappa shape index (κ3) is 1.82. The van der Waals surface area contributed by atoms with Gasteiger partial charge in [-0.1, -0.05) is 0 Å². The molecule has 2 saturated carbocycles. The van der Waals surface area contributed by atoms with Crippen LogP contribution in [-0.2, 0) is 5.60 Å². The summed E-state index contributed by atoms with van der Waals surface area (Å²) in [6.45, 7) is 2.13. The fourth-order valence-corrected chi connectivity index (χ4v) is 4.39. The van der Waals surface area contributed by atoms with E-state index in [0.29, 0.717) is 0 Å². The van der Waals surface area contributed by atoms with Crippen molar-refractivity contribution >= 4 is 11.3 Å². The molecule has 2 unspecified atom stereocenters. The van der Waals surface area contributed by atoms with E-state index in [9.17, 15) is 5.11 Å². The van der Waals surface area contributed by atoms with Gasteiger partial charge in [0.1, 0.15) is 0 Å². The maximum absolute atomic E-state index is 10.9. The first-order valence-electron chi connectivity index (χ1n) is 6.46. The number of hydrogen-bond donors (Lipinski definition) is 1. The van der Waals surface area contributed by atoms with E-state index in [4.69, 9.17) is 0 Å². The summed E-state index contributed by atoms with van der Waals surface area (Å²) in [4.78, 5) is 1.23. The van der Waals surface area contributed by atoms with Crippen LogP contribution in [0.1, 0.15) is 49.0 Å². The van der Waals surface area contributed by atoms with Crippen LogP contribution in [0.25, 0.3) is 0 Å². The molecule has 0 spiro atoms. The lowest BCUT2D eigenvalue weighted by molar-refractivity contribution is -0.0224. The molecule has 2 fully saturated rings. The zero-order valence-corrected chi connectivity index (χ0v) is 10.7. The van der Waals surface area contributed by atoms with Gasteiger partial charge in [0.25, 0.3) is 0 Å². The van der Waals surface area contributed by atoms with E-state index in [2.05, 4.69) is 18.4 Å². The lowest BCUT2D eigenvalue weighted by Gasteiger charge is -2.37. The molecule has 0 bridgehead atoms. The predicted molar refractivity (Wildman–Crippen MR) is 67.6 cm³/mol. The minimum absolute atomic E-state index is 0.496. The number of aryl methyl sites for hydroxylation is 1. The number of thiophene rings is 1. The second kappa shape index (κ2) is 3.85. The monoisotopic (exact) mass is 236 g/mol. The number of hydrogen-bond acceptors (Lipinski definition) is 2. The van der Waals surface area contributed by atoms with Gasteiger partial charge in [0.2, 0.25) is 0 Å². The van der Waals surface area contributed by atoms with Crippen LogP contribution in [0.4, 0.5) is 0 Å². The van der Waals surface area contributed by atoms with Gasteiger partial charge in [-0.15, -0.1) is 11.3 Å². The average molecular weight is 236 g/mol. The summed E-state index contributed by atoms with van der Waals surface area (Å²) in [7, 11) is 0. The Morgan fingerprint density at radius 2 is 2.12 bits per heavy atom. The summed E-state index contributed by atoms with van der Waals surface area (Å²) in [5, 5.41) is 13.0. The van der Waals surface area contributed by atoms with Gasteiger partial charge in [-0.3, -0.25) is 0 Å². The standard InChI is InChI=1S/C14H20OS/c1-10-6-8-16-13(10)14(15)7-2-3-12(9-14)11-4-5-11/h6,8,11-12,15H,2-5,7,9H2,1H3. The molecule has 2 atom stereocenters.